The fraction of sp³-hybridized carbons (Fsp3) is 1.00. The molecule has 1 N–H and O–H groups in total. The van der Waals surface area contributed by atoms with E-state index >= 15 is 0 Å². The van der Waals surface area contributed by atoms with Gasteiger partial charge in [0.05, 0.1) is 6.61 Å². The van der Waals surface area contributed by atoms with E-state index in [9.17, 15) is 0 Å². The number of hydrogen-bond acceptors (Lipinski definition) is 2. The molecule has 0 aromatic rings. The normalized spacial score (nSPS) is 38.3. The molecule has 0 bridgehead atoms. The van der Waals surface area contributed by atoms with Gasteiger partial charge >= 0.3 is 0 Å². The van der Waals surface area contributed by atoms with E-state index in [0.29, 0.717) is 0 Å². The maximum atomic E-state index is 5.98. The van der Waals surface area contributed by atoms with Crippen LogP contribution in [0.5, 0.6) is 0 Å². The first-order chi connectivity index (χ1) is 6.18. The van der Waals surface area contributed by atoms with E-state index in [2.05, 4.69) is 19.2 Å². The van der Waals surface area contributed by atoms with Crippen LogP contribution in [-0.2, 0) is 4.74 Å². The van der Waals surface area contributed by atoms with E-state index in [0.717, 1.165) is 13.0 Å². The van der Waals surface area contributed by atoms with Crippen LogP contribution in [0, 0.1) is 0 Å². The molecule has 2 aliphatic rings. The van der Waals surface area contributed by atoms with Gasteiger partial charge in [-0.25, -0.2) is 0 Å². The van der Waals surface area contributed by atoms with E-state index in [4.69, 9.17) is 4.74 Å². The van der Waals surface area contributed by atoms with Gasteiger partial charge in [-0.1, -0.05) is 13.3 Å². The fourth-order valence-corrected chi connectivity index (χ4v) is 2.50. The summed E-state index contributed by atoms with van der Waals surface area (Å²) in [6.45, 7) is 5.40. The maximum Gasteiger partial charge on any atom is 0.119 e. The minimum absolute atomic E-state index is 0.0585. The second-order valence-electron chi connectivity index (χ2n) is 4.88. The highest BCUT2D eigenvalue weighted by molar-refractivity contribution is 4.97. The Balaban J connectivity index is 2.02. The second kappa shape index (κ2) is 3.25. The Morgan fingerprint density at radius 2 is 1.92 bits per heavy atom. The van der Waals surface area contributed by atoms with Crippen molar-refractivity contribution in [3.63, 3.8) is 0 Å². The summed E-state index contributed by atoms with van der Waals surface area (Å²) < 4.78 is 5.98. The van der Waals surface area contributed by atoms with Crippen LogP contribution in [0.4, 0.5) is 0 Å². The van der Waals surface area contributed by atoms with Crippen molar-refractivity contribution in [3.05, 3.63) is 0 Å². The van der Waals surface area contributed by atoms with Crippen LogP contribution < -0.4 is 5.32 Å². The molecule has 1 saturated carbocycles. The van der Waals surface area contributed by atoms with Crippen molar-refractivity contribution in [2.24, 2.45) is 0 Å². The SMILES string of the molecule is CC[C@]1(C)COC2(CCCCC2)N1. The maximum absolute atomic E-state index is 5.98. The quantitative estimate of drug-likeness (QED) is 0.674. The predicted molar refractivity (Wildman–Crippen MR) is 53.6 cm³/mol. The zero-order valence-electron chi connectivity index (χ0n) is 8.86. The molecule has 1 atom stereocenters. The third-order valence-corrected chi connectivity index (χ3v) is 3.64. The first-order valence-electron chi connectivity index (χ1n) is 5.61. The van der Waals surface area contributed by atoms with Gasteiger partial charge in [-0.2, -0.15) is 0 Å². The lowest BCUT2D eigenvalue weighted by molar-refractivity contribution is -0.0384. The summed E-state index contributed by atoms with van der Waals surface area (Å²) in [5.41, 5.74) is 0.292. The van der Waals surface area contributed by atoms with Crippen LogP contribution in [0.2, 0.25) is 0 Å². The van der Waals surface area contributed by atoms with Crippen LogP contribution in [-0.4, -0.2) is 17.9 Å². The predicted octanol–water partition coefficient (Wildman–Crippen LogP) is 2.44. The van der Waals surface area contributed by atoms with Crippen molar-refractivity contribution in [1.29, 1.82) is 0 Å². The standard InChI is InChI=1S/C11H21NO/c1-3-10(2)9-13-11(12-10)7-5-4-6-8-11/h12H,3-9H2,1-2H3/t10-/m1/s1. The minimum Gasteiger partial charge on any atom is -0.359 e. The molecular formula is C11H21NO. The Kier molecular flexibility index (Phi) is 2.37. The number of hydrogen-bond donors (Lipinski definition) is 1. The smallest absolute Gasteiger partial charge is 0.119 e. The molecule has 1 aliphatic carbocycles. The molecule has 0 radical (unpaired) electrons. The third kappa shape index (κ3) is 1.75. The number of nitrogens with one attached hydrogen (secondary N) is 1. The molecule has 13 heavy (non-hydrogen) atoms. The molecule has 1 saturated heterocycles. The highest BCUT2D eigenvalue weighted by atomic mass is 16.5. The van der Waals surface area contributed by atoms with E-state index in [-0.39, 0.29) is 11.3 Å². The van der Waals surface area contributed by atoms with Crippen molar-refractivity contribution in [2.75, 3.05) is 6.61 Å². The Morgan fingerprint density at radius 3 is 2.46 bits per heavy atom. The van der Waals surface area contributed by atoms with E-state index in [1.807, 2.05) is 0 Å². The van der Waals surface area contributed by atoms with Crippen LogP contribution in [0.15, 0.2) is 0 Å². The van der Waals surface area contributed by atoms with Crippen LogP contribution in [0.3, 0.4) is 0 Å². The Morgan fingerprint density at radius 1 is 1.23 bits per heavy atom. The summed E-state index contributed by atoms with van der Waals surface area (Å²) in [5.74, 6) is 0. The molecule has 1 aliphatic heterocycles. The molecule has 2 fully saturated rings. The largest absolute Gasteiger partial charge is 0.359 e. The average molecular weight is 183 g/mol. The molecule has 2 heteroatoms. The molecule has 0 aromatic carbocycles. The highest BCUT2D eigenvalue weighted by Gasteiger charge is 2.45. The lowest BCUT2D eigenvalue weighted by atomic mass is 9.90. The van der Waals surface area contributed by atoms with Gasteiger partial charge in [0.15, 0.2) is 0 Å². The summed E-state index contributed by atoms with van der Waals surface area (Å²) in [5, 5.41) is 3.71. The van der Waals surface area contributed by atoms with Gasteiger partial charge in [0.25, 0.3) is 0 Å². The molecular weight excluding hydrogens is 162 g/mol. The molecule has 2 nitrogen and oxygen atoms in total. The molecule has 0 aromatic heterocycles. The topological polar surface area (TPSA) is 21.3 Å². The fourth-order valence-electron chi connectivity index (χ4n) is 2.50. The molecule has 0 unspecified atom stereocenters. The summed E-state index contributed by atoms with van der Waals surface area (Å²) in [6.07, 6.45) is 7.62. The highest BCUT2D eigenvalue weighted by Crippen LogP contribution is 2.36. The van der Waals surface area contributed by atoms with Crippen molar-refractivity contribution in [3.8, 4) is 0 Å². The summed E-state index contributed by atoms with van der Waals surface area (Å²) in [4.78, 5) is 0. The summed E-state index contributed by atoms with van der Waals surface area (Å²) in [7, 11) is 0. The number of rotatable bonds is 1. The molecule has 1 heterocycles. The minimum atomic E-state index is 0.0585. The van der Waals surface area contributed by atoms with Crippen molar-refractivity contribution in [2.45, 2.75) is 63.6 Å². The lowest BCUT2D eigenvalue weighted by Gasteiger charge is -2.34. The Hall–Kier alpha value is -0.0800. The second-order valence-corrected chi connectivity index (χ2v) is 4.88. The van der Waals surface area contributed by atoms with Gasteiger partial charge in [-0.15, -0.1) is 0 Å². The summed E-state index contributed by atoms with van der Waals surface area (Å²) in [6, 6.07) is 0. The van der Waals surface area contributed by atoms with E-state index in [1.54, 1.807) is 0 Å². The number of ether oxygens (including phenoxy) is 1. The first kappa shape index (κ1) is 9.47. The van der Waals surface area contributed by atoms with Crippen LogP contribution in [0.1, 0.15) is 52.4 Å². The molecule has 0 amide bonds. The Labute approximate surface area is 81.0 Å². The van der Waals surface area contributed by atoms with E-state index in [1.165, 1.54) is 32.1 Å². The molecule has 1 spiro atoms. The Bertz CT molecular complexity index is 187. The zero-order chi connectivity index (χ0) is 9.36. The first-order valence-corrected chi connectivity index (χ1v) is 5.61. The van der Waals surface area contributed by atoms with Crippen molar-refractivity contribution < 1.29 is 4.74 Å². The van der Waals surface area contributed by atoms with Gasteiger partial charge < -0.3 is 4.74 Å². The van der Waals surface area contributed by atoms with Crippen molar-refractivity contribution >= 4 is 0 Å². The van der Waals surface area contributed by atoms with Gasteiger partial charge in [0, 0.05) is 5.54 Å². The van der Waals surface area contributed by atoms with Gasteiger partial charge in [0.1, 0.15) is 5.72 Å². The lowest BCUT2D eigenvalue weighted by Crippen LogP contribution is -2.50. The van der Waals surface area contributed by atoms with Crippen molar-refractivity contribution in [1.82, 2.24) is 5.32 Å². The summed E-state index contributed by atoms with van der Waals surface area (Å²) >= 11 is 0. The van der Waals surface area contributed by atoms with Crippen LogP contribution in [0.25, 0.3) is 0 Å². The average Bonchev–Trinajstić information content (AvgIpc) is 2.47. The van der Waals surface area contributed by atoms with E-state index < -0.39 is 0 Å². The monoisotopic (exact) mass is 183 g/mol. The third-order valence-electron chi connectivity index (χ3n) is 3.64. The zero-order valence-corrected chi connectivity index (χ0v) is 8.86. The van der Waals surface area contributed by atoms with Crippen LogP contribution >= 0.6 is 0 Å². The van der Waals surface area contributed by atoms with Gasteiger partial charge in [-0.05, 0) is 39.0 Å². The molecule has 2 rings (SSSR count). The van der Waals surface area contributed by atoms with Gasteiger partial charge in [0.2, 0.25) is 0 Å². The molecule has 76 valence electrons. The van der Waals surface area contributed by atoms with Gasteiger partial charge in [-0.3, -0.25) is 5.32 Å².